The highest BCUT2D eigenvalue weighted by molar-refractivity contribution is 5.81. The topological polar surface area (TPSA) is 345 Å². The molecule has 4 aliphatic rings. The van der Waals surface area contributed by atoms with Gasteiger partial charge in [-0.25, -0.2) is 19.2 Å². The Labute approximate surface area is 409 Å². The van der Waals surface area contributed by atoms with E-state index in [-0.39, 0.29) is 38.8 Å². The molecule has 3 saturated heterocycles. The van der Waals surface area contributed by atoms with E-state index in [1.165, 1.54) is 0 Å². The fourth-order valence-electron chi connectivity index (χ4n) is 8.01. The quantitative estimate of drug-likeness (QED) is 0.0908. The molecule has 1 saturated carbocycles. The highest BCUT2D eigenvalue weighted by Gasteiger charge is 2.56. The molecule has 0 radical (unpaired) electrons. The summed E-state index contributed by atoms with van der Waals surface area (Å²) in [5.41, 5.74) is 2.17. The van der Waals surface area contributed by atoms with Gasteiger partial charge in [-0.05, 0) is 123 Å². The van der Waals surface area contributed by atoms with Crippen molar-refractivity contribution < 1.29 is 91.8 Å². The monoisotopic (exact) mass is 1010 g/mol. The van der Waals surface area contributed by atoms with Crippen LogP contribution in [0, 0.1) is 0 Å². The van der Waals surface area contributed by atoms with Gasteiger partial charge in [0.25, 0.3) is 0 Å². The lowest BCUT2D eigenvalue weighted by Gasteiger charge is -2.52. The van der Waals surface area contributed by atoms with Crippen molar-refractivity contribution in [1.82, 2.24) is 26.6 Å². The van der Waals surface area contributed by atoms with Gasteiger partial charge in [-0.1, -0.05) is 0 Å². The average molecular weight is 1010 g/mol. The number of nitrogens with one attached hydrogen (secondary N) is 5. The van der Waals surface area contributed by atoms with Crippen LogP contribution in [0.25, 0.3) is 0 Å². The van der Waals surface area contributed by atoms with E-state index in [2.05, 4.69) is 26.6 Å². The summed E-state index contributed by atoms with van der Waals surface area (Å²) in [5, 5.41) is 59.3. The Morgan fingerprint density at radius 3 is 1.67 bits per heavy atom. The van der Waals surface area contributed by atoms with Crippen LogP contribution >= 0.6 is 0 Å². The lowest BCUT2D eigenvalue weighted by molar-refractivity contribution is -0.376. The van der Waals surface area contributed by atoms with Crippen molar-refractivity contribution in [2.45, 2.75) is 243 Å². The Hall–Kier alpha value is -3.89. The third kappa shape index (κ3) is 18.3. The van der Waals surface area contributed by atoms with Crippen LogP contribution in [0.1, 0.15) is 123 Å². The Balaban J connectivity index is 1.76. The second-order valence-corrected chi connectivity index (χ2v) is 22.4. The van der Waals surface area contributed by atoms with Gasteiger partial charge >= 0.3 is 24.4 Å². The van der Waals surface area contributed by atoms with E-state index in [9.17, 15) is 44.4 Å². The van der Waals surface area contributed by atoms with E-state index in [0.717, 1.165) is 0 Å². The van der Waals surface area contributed by atoms with Crippen LogP contribution in [0.5, 0.6) is 0 Å². The second kappa shape index (κ2) is 23.3. The Morgan fingerprint density at radius 2 is 1.14 bits per heavy atom. The molecule has 0 spiro atoms. The number of amides is 5. The van der Waals surface area contributed by atoms with Crippen molar-refractivity contribution in [3.8, 4) is 0 Å². The normalized spacial score (nSPS) is 32.4. The number of hydrogen-bond donors (Lipinski definition) is 10. The zero-order valence-corrected chi connectivity index (χ0v) is 42.9. The molecule has 0 aromatic rings. The maximum Gasteiger partial charge on any atom is 0.408 e. The summed E-state index contributed by atoms with van der Waals surface area (Å²) in [5.74, 6) is -2.17. The van der Waals surface area contributed by atoms with Crippen LogP contribution in [0.2, 0.25) is 0 Å². The summed E-state index contributed by atoms with van der Waals surface area (Å²) in [7, 11) is 0. The van der Waals surface area contributed by atoms with Gasteiger partial charge in [-0.3, -0.25) is 4.79 Å². The van der Waals surface area contributed by atoms with Gasteiger partial charge in [0.15, 0.2) is 18.4 Å². The van der Waals surface area contributed by atoms with Crippen molar-refractivity contribution in [3.05, 3.63) is 0 Å². The summed E-state index contributed by atoms with van der Waals surface area (Å²) >= 11 is 0. The molecule has 25 nitrogen and oxygen atoms in total. The van der Waals surface area contributed by atoms with E-state index in [4.69, 9.17) is 53.1 Å². The minimum Gasteiger partial charge on any atom is -0.444 e. The molecule has 3 heterocycles. The Kier molecular flexibility index (Phi) is 19.6. The fraction of sp³-hybridized carbons (Fsp3) is 0.889. The molecule has 1 aliphatic carbocycles. The summed E-state index contributed by atoms with van der Waals surface area (Å²) in [6.07, 6.45) is -20.3. The number of fused-ring (bicyclic) bond motifs is 1. The number of aliphatic hydroxyl groups excluding tert-OH is 4. The minimum absolute atomic E-state index is 0.111. The largest absolute Gasteiger partial charge is 0.444 e. The first-order valence-corrected chi connectivity index (χ1v) is 23.7. The zero-order chi connectivity index (χ0) is 52.9. The predicted molar refractivity (Wildman–Crippen MR) is 244 cm³/mol. The predicted octanol–water partition coefficient (Wildman–Crippen LogP) is 0.981. The van der Waals surface area contributed by atoms with Gasteiger partial charge in [0.05, 0.1) is 36.9 Å². The second-order valence-electron chi connectivity index (χ2n) is 22.4. The molecule has 0 aromatic carbocycles. The van der Waals surface area contributed by atoms with E-state index in [1.54, 1.807) is 96.9 Å². The summed E-state index contributed by atoms with van der Waals surface area (Å²) in [6.45, 7) is 22.8. The summed E-state index contributed by atoms with van der Waals surface area (Å²) in [6, 6.07) is -4.92. The van der Waals surface area contributed by atoms with E-state index >= 15 is 0 Å². The first-order chi connectivity index (χ1) is 32.0. The maximum atomic E-state index is 13.9. The molecule has 7 unspecified atom stereocenters. The first-order valence-electron chi connectivity index (χ1n) is 23.7. The number of carbonyl (C=O) groups excluding carboxylic acids is 5. The lowest BCUT2D eigenvalue weighted by atomic mass is 9.83. The number of rotatable bonds is 13. The molecular formula is C45H80N6O19. The fourth-order valence-corrected chi connectivity index (χ4v) is 8.01. The molecule has 3 aliphatic heterocycles. The molecule has 4 fully saturated rings. The number of nitrogens with two attached hydrogens (primary N) is 1. The van der Waals surface area contributed by atoms with Gasteiger partial charge in [0, 0.05) is 6.54 Å². The zero-order valence-electron chi connectivity index (χ0n) is 42.9. The minimum atomic E-state index is -1.93. The van der Waals surface area contributed by atoms with Crippen LogP contribution < -0.4 is 32.3 Å². The molecule has 0 bridgehead atoms. The SMILES string of the molecule is CC(C)(C)OC(=O)NCC[C@H](O)C(=O)N[C@@H]1C[C@H](NC(=O)OC(C)(C)C)C(O[C@@H]2OC(C(N)O)CCC2NC(=O)OC(C)(C)C)C(O)[C@@H]1O[C@@H]1OC2COC(C)(C)O[C@@H]2[C@H](NC(=O)OC(C)(C)C)C1O. The van der Waals surface area contributed by atoms with E-state index in [0.29, 0.717) is 0 Å². The van der Waals surface area contributed by atoms with Crippen LogP contribution in [0.15, 0.2) is 0 Å². The molecule has 404 valence electrons. The van der Waals surface area contributed by atoms with Crippen molar-refractivity contribution in [1.29, 1.82) is 0 Å². The molecule has 15 atom stereocenters. The molecule has 25 heteroatoms. The van der Waals surface area contributed by atoms with Crippen molar-refractivity contribution in [2.24, 2.45) is 5.73 Å². The van der Waals surface area contributed by atoms with Crippen molar-refractivity contribution >= 4 is 30.3 Å². The standard InChI is InChI=1S/C45H80N6O19/c1-41(2,3)67-37(57)47-18-17-24(52)34(56)48-22-19-23(50-39(59)69-43(7,8)9)31(64-35-21(15-16-25(62-35)33(46)55)49-38(58)68-42(4,5)6)29(54)30(22)65-36-28(53)27(51-40(60)70-44(10,11)12)32-26(63-36)20-61-45(13,14)66-32/h21-33,35-36,52-55H,15-20,46H2,1-14H3,(H,47,57)(H,48,56)(H,49,58)(H,50,59)(H,51,60)/t21?,22-,23+,24+,25?,26?,27-,28?,29?,30-,31?,32+,33?,35+,36+/m1/s1. The Morgan fingerprint density at radius 1 is 0.657 bits per heavy atom. The van der Waals surface area contributed by atoms with Gasteiger partial charge in [-0.2, -0.15) is 0 Å². The number of aliphatic hydroxyl groups is 4. The number of alkyl carbamates (subject to hydrolysis) is 4. The molecule has 11 N–H and O–H groups in total. The van der Waals surface area contributed by atoms with Crippen molar-refractivity contribution in [2.75, 3.05) is 13.2 Å². The Bertz CT molecular complexity index is 1780. The maximum absolute atomic E-state index is 13.9. The van der Waals surface area contributed by atoms with Gasteiger partial charge in [0.1, 0.15) is 71.4 Å². The van der Waals surface area contributed by atoms with Crippen molar-refractivity contribution in [3.63, 3.8) is 0 Å². The van der Waals surface area contributed by atoms with E-state index in [1.807, 2.05) is 0 Å². The average Bonchev–Trinajstić information content (AvgIpc) is 3.16. The third-order valence-electron chi connectivity index (χ3n) is 10.8. The summed E-state index contributed by atoms with van der Waals surface area (Å²) < 4.78 is 59.1. The number of carbonyl (C=O) groups is 5. The molecule has 4 rings (SSSR count). The third-order valence-corrected chi connectivity index (χ3v) is 10.8. The van der Waals surface area contributed by atoms with Gasteiger partial charge in [0.2, 0.25) is 5.91 Å². The van der Waals surface area contributed by atoms with Crippen LogP contribution in [-0.2, 0) is 52.2 Å². The first kappa shape index (κ1) is 58.7. The van der Waals surface area contributed by atoms with Crippen LogP contribution in [0.3, 0.4) is 0 Å². The molecule has 0 aromatic heterocycles. The van der Waals surface area contributed by atoms with Gasteiger partial charge < -0.3 is 100 Å². The lowest BCUT2D eigenvalue weighted by Crippen LogP contribution is -2.72. The number of hydrogen-bond acceptors (Lipinski definition) is 20. The summed E-state index contributed by atoms with van der Waals surface area (Å²) in [4.78, 5) is 66.0. The van der Waals surface area contributed by atoms with Crippen LogP contribution in [-0.4, -0.2) is 184 Å². The van der Waals surface area contributed by atoms with Crippen LogP contribution in [0.4, 0.5) is 19.2 Å². The highest BCUT2D eigenvalue weighted by Crippen LogP contribution is 2.37. The molecular weight excluding hydrogens is 929 g/mol. The highest BCUT2D eigenvalue weighted by atomic mass is 16.8. The van der Waals surface area contributed by atoms with E-state index < -0.39 is 150 Å². The smallest absolute Gasteiger partial charge is 0.408 e. The molecule has 5 amide bonds. The van der Waals surface area contributed by atoms with Gasteiger partial charge in [-0.15, -0.1) is 0 Å². The molecule has 70 heavy (non-hydrogen) atoms. The number of ether oxygens (including phenoxy) is 10.